The number of nitrogens with one attached hydrogen (secondary N) is 1. The third-order valence-electron chi connectivity index (χ3n) is 3.89. The minimum Gasteiger partial charge on any atom is -0.432 e. The van der Waals surface area contributed by atoms with Gasteiger partial charge in [-0.05, 0) is 25.0 Å². The number of carbonyl (C=O) groups excluding carboxylic acids is 1. The molecule has 1 amide bonds. The van der Waals surface area contributed by atoms with Crippen LogP contribution in [-0.2, 0) is 17.5 Å². The third-order valence-corrected chi connectivity index (χ3v) is 4.26. The number of hydrogen-bond acceptors (Lipinski definition) is 3. The number of alkyl halides is 5. The van der Waals surface area contributed by atoms with Gasteiger partial charge >= 0.3 is 12.8 Å². The molecule has 28 heavy (non-hydrogen) atoms. The largest absolute Gasteiger partial charge is 0.436 e. The fraction of sp³-hybridized carbons (Fsp3) is 0.375. The molecule has 0 unspecified atom stereocenters. The lowest BCUT2D eigenvalue weighted by Gasteiger charge is -2.13. The fourth-order valence-corrected chi connectivity index (χ4v) is 3.02. The molecule has 1 saturated carbocycles. The highest BCUT2D eigenvalue weighted by molar-refractivity contribution is 6.32. The minimum atomic E-state index is -4.79. The molecule has 3 rings (SSSR count). The van der Waals surface area contributed by atoms with E-state index in [2.05, 4.69) is 15.2 Å². The molecule has 1 heterocycles. The number of benzene rings is 1. The summed E-state index contributed by atoms with van der Waals surface area (Å²) in [5, 5.41) is 5.03. The van der Waals surface area contributed by atoms with Gasteiger partial charge in [0.05, 0.1) is 16.4 Å². The second kappa shape index (κ2) is 7.53. The van der Waals surface area contributed by atoms with Crippen molar-refractivity contribution in [3.05, 3.63) is 40.4 Å². The van der Waals surface area contributed by atoms with E-state index in [1.165, 1.54) is 0 Å². The molecular weight excluding hydrogens is 416 g/mol. The molecule has 5 nitrogen and oxygen atoms in total. The summed E-state index contributed by atoms with van der Waals surface area (Å²) >= 11 is 5.81. The highest BCUT2D eigenvalue weighted by Crippen LogP contribution is 2.46. The van der Waals surface area contributed by atoms with Crippen LogP contribution >= 0.6 is 11.6 Å². The Morgan fingerprint density at radius 3 is 2.61 bits per heavy atom. The van der Waals surface area contributed by atoms with Gasteiger partial charge in [-0.3, -0.25) is 9.48 Å². The van der Waals surface area contributed by atoms with Gasteiger partial charge in [0.25, 0.3) is 0 Å². The molecule has 1 aromatic carbocycles. The number of ether oxygens (including phenoxy) is 1. The van der Waals surface area contributed by atoms with Crippen LogP contribution < -0.4 is 10.1 Å². The van der Waals surface area contributed by atoms with Crippen LogP contribution in [0.3, 0.4) is 0 Å². The Balaban J connectivity index is 1.83. The van der Waals surface area contributed by atoms with Gasteiger partial charge < -0.3 is 10.1 Å². The number of halogens is 7. The second-order valence-electron chi connectivity index (χ2n) is 6.04. The van der Waals surface area contributed by atoms with Crippen LogP contribution in [0.5, 0.6) is 5.75 Å². The van der Waals surface area contributed by atoms with Gasteiger partial charge in [-0.15, -0.1) is 0 Å². The van der Waals surface area contributed by atoms with E-state index in [1.807, 2.05) is 0 Å². The van der Waals surface area contributed by atoms with Crippen molar-refractivity contribution in [2.75, 3.05) is 5.32 Å². The Hall–Kier alpha value is -2.43. The van der Waals surface area contributed by atoms with Crippen molar-refractivity contribution >= 4 is 23.2 Å². The van der Waals surface area contributed by atoms with Gasteiger partial charge in [0.2, 0.25) is 5.91 Å². The molecule has 0 aliphatic heterocycles. The Kier molecular flexibility index (Phi) is 5.46. The third kappa shape index (κ3) is 4.51. The standard InChI is InChI=1S/C16H12ClF6N3O2/c17-12-13(7-1-2-7)26(25-14(12)16(21,22)23)6-11(27)24-9-4-3-8(18)5-10(9)28-15(19)20/h3-5,7,15H,1-2,6H2,(H,24,27). The Bertz CT molecular complexity index is 895. The van der Waals surface area contributed by atoms with Crippen LogP contribution in [0.2, 0.25) is 5.02 Å². The van der Waals surface area contributed by atoms with Crippen LogP contribution in [0, 0.1) is 5.82 Å². The molecule has 1 N–H and O–H groups in total. The molecule has 1 fully saturated rings. The molecule has 1 aromatic heterocycles. The lowest BCUT2D eigenvalue weighted by atomic mass is 10.2. The normalized spacial score (nSPS) is 14.4. The molecule has 12 heteroatoms. The monoisotopic (exact) mass is 427 g/mol. The first kappa shape index (κ1) is 20.3. The molecule has 0 saturated heterocycles. The van der Waals surface area contributed by atoms with Crippen LogP contribution in [0.15, 0.2) is 18.2 Å². The topological polar surface area (TPSA) is 56.2 Å². The lowest BCUT2D eigenvalue weighted by molar-refractivity contribution is -0.141. The van der Waals surface area contributed by atoms with Crippen molar-refractivity contribution < 1.29 is 35.9 Å². The first-order valence-electron chi connectivity index (χ1n) is 7.94. The zero-order valence-corrected chi connectivity index (χ0v) is 14.6. The molecule has 0 radical (unpaired) electrons. The summed E-state index contributed by atoms with van der Waals surface area (Å²) in [5.74, 6) is -2.62. The number of amides is 1. The number of rotatable bonds is 6. The molecule has 0 spiro atoms. The average molecular weight is 428 g/mol. The van der Waals surface area contributed by atoms with E-state index in [9.17, 15) is 31.1 Å². The molecule has 152 valence electrons. The van der Waals surface area contributed by atoms with E-state index >= 15 is 0 Å². The lowest BCUT2D eigenvalue weighted by Crippen LogP contribution is -2.22. The van der Waals surface area contributed by atoms with Crippen molar-refractivity contribution in [1.29, 1.82) is 0 Å². The van der Waals surface area contributed by atoms with Gasteiger partial charge in [0, 0.05) is 12.0 Å². The summed E-state index contributed by atoms with van der Waals surface area (Å²) in [6.45, 7) is -3.91. The van der Waals surface area contributed by atoms with E-state index in [0.29, 0.717) is 18.9 Å². The Morgan fingerprint density at radius 2 is 2.04 bits per heavy atom. The van der Waals surface area contributed by atoms with Crippen molar-refractivity contribution in [3.8, 4) is 5.75 Å². The predicted octanol–water partition coefficient (Wildman–Crippen LogP) is 4.81. The summed E-state index contributed by atoms with van der Waals surface area (Å²) in [5.41, 5.74) is -1.48. The van der Waals surface area contributed by atoms with Crippen molar-refractivity contribution in [1.82, 2.24) is 9.78 Å². The predicted molar refractivity (Wildman–Crippen MR) is 85.9 cm³/mol. The number of nitrogens with zero attached hydrogens (tertiary/aromatic N) is 2. The van der Waals surface area contributed by atoms with Crippen molar-refractivity contribution in [3.63, 3.8) is 0 Å². The number of anilines is 1. The first-order valence-corrected chi connectivity index (χ1v) is 8.31. The van der Waals surface area contributed by atoms with Gasteiger partial charge in [-0.2, -0.15) is 27.1 Å². The summed E-state index contributed by atoms with van der Waals surface area (Å²) in [4.78, 5) is 12.2. The highest BCUT2D eigenvalue weighted by Gasteiger charge is 2.42. The summed E-state index contributed by atoms with van der Waals surface area (Å²) < 4.78 is 82.2. The Morgan fingerprint density at radius 1 is 1.36 bits per heavy atom. The highest BCUT2D eigenvalue weighted by atomic mass is 35.5. The Labute approximate surface area is 159 Å². The maximum absolute atomic E-state index is 13.2. The zero-order chi connectivity index (χ0) is 20.6. The number of carbonyl (C=O) groups is 1. The van der Waals surface area contributed by atoms with Crippen molar-refractivity contribution in [2.45, 2.75) is 38.1 Å². The van der Waals surface area contributed by atoms with Crippen LogP contribution in [0.1, 0.15) is 30.1 Å². The fourth-order valence-electron chi connectivity index (χ4n) is 2.62. The molecule has 1 aliphatic rings. The zero-order valence-electron chi connectivity index (χ0n) is 13.9. The van der Waals surface area contributed by atoms with Gasteiger partial charge in [0.15, 0.2) is 11.4 Å². The van der Waals surface area contributed by atoms with E-state index in [0.717, 1.165) is 16.8 Å². The van der Waals surface area contributed by atoms with Crippen LogP contribution in [-0.4, -0.2) is 22.3 Å². The van der Waals surface area contributed by atoms with E-state index in [4.69, 9.17) is 11.6 Å². The van der Waals surface area contributed by atoms with Crippen LogP contribution in [0.25, 0.3) is 0 Å². The summed E-state index contributed by atoms with van der Waals surface area (Å²) in [6, 6.07) is 2.53. The quantitative estimate of drug-likeness (QED) is 0.673. The van der Waals surface area contributed by atoms with Gasteiger partial charge in [-0.25, -0.2) is 4.39 Å². The summed E-state index contributed by atoms with van der Waals surface area (Å²) in [6.07, 6.45) is -3.58. The molecule has 2 aromatic rings. The number of aromatic nitrogens is 2. The van der Waals surface area contributed by atoms with E-state index in [1.54, 1.807) is 0 Å². The molecule has 1 aliphatic carbocycles. The molecule has 0 bridgehead atoms. The maximum Gasteiger partial charge on any atom is 0.436 e. The average Bonchev–Trinajstić information content (AvgIpc) is 3.33. The maximum atomic E-state index is 13.2. The summed E-state index contributed by atoms with van der Waals surface area (Å²) in [7, 11) is 0. The second-order valence-corrected chi connectivity index (χ2v) is 6.42. The minimum absolute atomic E-state index is 0.0901. The van der Waals surface area contributed by atoms with Crippen molar-refractivity contribution in [2.24, 2.45) is 0 Å². The molecule has 0 atom stereocenters. The first-order chi connectivity index (χ1) is 13.1. The van der Waals surface area contributed by atoms with E-state index in [-0.39, 0.29) is 17.3 Å². The van der Waals surface area contributed by atoms with E-state index < -0.39 is 47.5 Å². The van der Waals surface area contributed by atoms with Crippen LogP contribution in [0.4, 0.5) is 32.0 Å². The number of hydrogen-bond donors (Lipinski definition) is 1. The van der Waals surface area contributed by atoms with Gasteiger partial charge in [-0.1, -0.05) is 11.6 Å². The SMILES string of the molecule is O=C(Cn1nc(C(F)(F)F)c(Cl)c1C1CC1)Nc1ccc(F)cc1OC(F)F. The smallest absolute Gasteiger partial charge is 0.432 e. The van der Waals surface area contributed by atoms with Gasteiger partial charge in [0.1, 0.15) is 12.4 Å². The molecular formula is C16H12ClF6N3O2.